The second-order valence-electron chi connectivity index (χ2n) is 7.95. The van der Waals surface area contributed by atoms with E-state index in [4.69, 9.17) is 0 Å². The Bertz CT molecular complexity index is 871. The molecule has 0 radical (unpaired) electrons. The minimum atomic E-state index is -2.97. The number of amides is 1. The lowest BCUT2D eigenvalue weighted by atomic mass is 9.71. The standard InChI is InChI=1S/C19H24F2N6O/c1-14-9-15(25(2)24-14)10-26-8-3-5-18(16(26)28)11-19(20,21)13-27(12-18)17-22-6-4-7-23-17/h4,6-7,9H,3,5,8,10-13H2,1-2H3. The van der Waals surface area contributed by atoms with E-state index in [1.807, 2.05) is 20.0 Å². The summed E-state index contributed by atoms with van der Waals surface area (Å²) in [5.74, 6) is -2.94. The van der Waals surface area contributed by atoms with Crippen molar-refractivity contribution >= 4 is 11.9 Å². The van der Waals surface area contributed by atoms with Crippen LogP contribution in [0.15, 0.2) is 24.5 Å². The summed E-state index contributed by atoms with van der Waals surface area (Å²) in [5, 5.41) is 4.31. The SMILES string of the molecule is Cc1cc(CN2CCCC3(CN(c4ncccn4)CC(F)(F)C3)C2=O)n(C)n1. The normalized spacial score (nSPS) is 24.8. The van der Waals surface area contributed by atoms with Gasteiger partial charge in [-0.15, -0.1) is 0 Å². The zero-order valence-corrected chi connectivity index (χ0v) is 16.1. The van der Waals surface area contributed by atoms with E-state index < -0.39 is 24.3 Å². The largest absolute Gasteiger partial charge is 0.336 e. The van der Waals surface area contributed by atoms with E-state index in [1.165, 1.54) is 17.3 Å². The maximum atomic E-state index is 14.7. The molecule has 28 heavy (non-hydrogen) atoms. The molecule has 4 heterocycles. The zero-order valence-electron chi connectivity index (χ0n) is 16.1. The maximum absolute atomic E-state index is 14.7. The monoisotopic (exact) mass is 390 g/mol. The lowest BCUT2D eigenvalue weighted by Gasteiger charge is -2.49. The number of aryl methyl sites for hydroxylation is 2. The van der Waals surface area contributed by atoms with Crippen molar-refractivity contribution in [1.82, 2.24) is 24.6 Å². The highest BCUT2D eigenvalue weighted by Gasteiger charge is 2.55. The lowest BCUT2D eigenvalue weighted by Crippen LogP contribution is -2.61. The lowest BCUT2D eigenvalue weighted by molar-refractivity contribution is -0.157. The molecule has 7 nitrogen and oxygen atoms in total. The van der Waals surface area contributed by atoms with Crippen molar-refractivity contribution in [3.63, 3.8) is 0 Å². The Morgan fingerprint density at radius 2 is 1.96 bits per heavy atom. The average Bonchev–Trinajstić information content (AvgIpc) is 2.96. The predicted octanol–water partition coefficient (Wildman–Crippen LogP) is 2.17. The molecule has 2 saturated heterocycles. The van der Waals surface area contributed by atoms with Gasteiger partial charge < -0.3 is 9.80 Å². The minimum Gasteiger partial charge on any atom is -0.336 e. The molecule has 1 amide bonds. The Morgan fingerprint density at radius 3 is 2.64 bits per heavy atom. The fourth-order valence-electron chi connectivity index (χ4n) is 4.52. The van der Waals surface area contributed by atoms with E-state index in [-0.39, 0.29) is 18.4 Å². The van der Waals surface area contributed by atoms with Crippen molar-refractivity contribution in [2.75, 3.05) is 24.5 Å². The topological polar surface area (TPSA) is 67.2 Å². The smallest absolute Gasteiger partial charge is 0.266 e. The Kier molecular flexibility index (Phi) is 4.55. The summed E-state index contributed by atoms with van der Waals surface area (Å²) in [7, 11) is 1.83. The molecule has 2 aromatic rings. The minimum absolute atomic E-state index is 0.210. The van der Waals surface area contributed by atoms with E-state index in [0.717, 1.165) is 11.4 Å². The first-order valence-corrected chi connectivity index (χ1v) is 9.47. The van der Waals surface area contributed by atoms with Crippen LogP contribution in [0.4, 0.5) is 14.7 Å². The van der Waals surface area contributed by atoms with E-state index >= 15 is 0 Å². The van der Waals surface area contributed by atoms with Crippen LogP contribution in [0.5, 0.6) is 0 Å². The number of likely N-dealkylation sites (tertiary alicyclic amines) is 1. The number of alkyl halides is 2. The highest BCUT2D eigenvalue weighted by atomic mass is 19.3. The highest BCUT2D eigenvalue weighted by molar-refractivity contribution is 5.84. The first kappa shape index (κ1) is 18.8. The summed E-state index contributed by atoms with van der Waals surface area (Å²) in [6.45, 7) is 2.59. The third kappa shape index (κ3) is 3.45. The van der Waals surface area contributed by atoms with Gasteiger partial charge in [-0.3, -0.25) is 9.48 Å². The number of hydrogen-bond acceptors (Lipinski definition) is 5. The van der Waals surface area contributed by atoms with E-state index in [9.17, 15) is 13.6 Å². The van der Waals surface area contributed by atoms with Gasteiger partial charge in [0.25, 0.3) is 5.92 Å². The molecule has 1 unspecified atom stereocenters. The Hall–Kier alpha value is -2.58. The molecule has 2 aromatic heterocycles. The number of carbonyl (C=O) groups excluding carboxylic acids is 1. The molecular weight excluding hydrogens is 366 g/mol. The van der Waals surface area contributed by atoms with Crippen LogP contribution in [0.25, 0.3) is 0 Å². The maximum Gasteiger partial charge on any atom is 0.266 e. The van der Waals surface area contributed by atoms with Crippen LogP contribution >= 0.6 is 0 Å². The zero-order chi connectivity index (χ0) is 19.9. The van der Waals surface area contributed by atoms with Crippen molar-refractivity contribution in [1.29, 1.82) is 0 Å². The van der Waals surface area contributed by atoms with Crippen LogP contribution in [0.1, 0.15) is 30.7 Å². The van der Waals surface area contributed by atoms with E-state index in [2.05, 4.69) is 15.1 Å². The summed E-state index contributed by atoms with van der Waals surface area (Å²) < 4.78 is 31.1. The number of anilines is 1. The van der Waals surface area contributed by atoms with Gasteiger partial charge in [-0.2, -0.15) is 5.10 Å². The molecule has 0 N–H and O–H groups in total. The van der Waals surface area contributed by atoms with E-state index in [1.54, 1.807) is 15.6 Å². The number of carbonyl (C=O) groups is 1. The van der Waals surface area contributed by atoms with Gasteiger partial charge in [0.15, 0.2) is 0 Å². The molecule has 0 saturated carbocycles. The van der Waals surface area contributed by atoms with Crippen molar-refractivity contribution in [3.8, 4) is 0 Å². The third-order valence-electron chi connectivity index (χ3n) is 5.62. The van der Waals surface area contributed by atoms with Gasteiger partial charge in [0.05, 0.1) is 29.9 Å². The second-order valence-corrected chi connectivity index (χ2v) is 7.95. The molecule has 1 atom stereocenters. The summed E-state index contributed by atoms with van der Waals surface area (Å²) >= 11 is 0. The van der Waals surface area contributed by atoms with Crippen LogP contribution in [0, 0.1) is 12.3 Å². The molecule has 2 aliphatic heterocycles. The Labute approximate surface area is 162 Å². The molecule has 150 valence electrons. The molecule has 2 aliphatic rings. The van der Waals surface area contributed by atoms with Gasteiger partial charge in [-0.1, -0.05) is 0 Å². The van der Waals surface area contributed by atoms with Gasteiger partial charge in [0.1, 0.15) is 0 Å². The summed E-state index contributed by atoms with van der Waals surface area (Å²) in [6.07, 6.45) is 3.78. The number of aromatic nitrogens is 4. The molecule has 9 heteroatoms. The molecule has 0 bridgehead atoms. The Balaban J connectivity index is 1.61. The molecular formula is C19H24F2N6O. The van der Waals surface area contributed by atoms with Crippen LogP contribution in [0.2, 0.25) is 0 Å². The predicted molar refractivity (Wildman–Crippen MR) is 98.8 cm³/mol. The van der Waals surface area contributed by atoms with Gasteiger partial charge in [0.2, 0.25) is 11.9 Å². The fraction of sp³-hybridized carbons (Fsp3) is 0.579. The third-order valence-corrected chi connectivity index (χ3v) is 5.62. The van der Waals surface area contributed by atoms with Crippen LogP contribution in [0.3, 0.4) is 0 Å². The van der Waals surface area contributed by atoms with Crippen LogP contribution < -0.4 is 4.90 Å². The van der Waals surface area contributed by atoms with Gasteiger partial charge in [-0.05, 0) is 31.9 Å². The molecule has 0 aliphatic carbocycles. The molecule has 2 fully saturated rings. The van der Waals surface area contributed by atoms with Gasteiger partial charge in [-0.25, -0.2) is 18.7 Å². The summed E-state index contributed by atoms with van der Waals surface area (Å²) in [6, 6.07) is 3.57. The quantitative estimate of drug-likeness (QED) is 0.804. The number of halogens is 2. The first-order valence-electron chi connectivity index (χ1n) is 9.47. The second kappa shape index (κ2) is 6.79. The average molecular weight is 390 g/mol. The van der Waals surface area contributed by atoms with Gasteiger partial charge >= 0.3 is 0 Å². The summed E-state index contributed by atoms with van der Waals surface area (Å²) in [5.41, 5.74) is 0.648. The van der Waals surface area contributed by atoms with Crippen molar-refractivity contribution < 1.29 is 13.6 Å². The highest BCUT2D eigenvalue weighted by Crippen LogP contribution is 2.46. The van der Waals surface area contributed by atoms with Crippen LogP contribution in [-0.2, 0) is 18.4 Å². The number of nitrogens with zero attached hydrogens (tertiary/aromatic N) is 6. The van der Waals surface area contributed by atoms with Crippen molar-refractivity contribution in [3.05, 3.63) is 35.9 Å². The number of piperidine rings is 2. The first-order chi connectivity index (χ1) is 13.3. The van der Waals surface area contributed by atoms with Crippen molar-refractivity contribution in [2.24, 2.45) is 12.5 Å². The number of rotatable bonds is 3. The Morgan fingerprint density at radius 1 is 1.21 bits per heavy atom. The summed E-state index contributed by atoms with van der Waals surface area (Å²) in [4.78, 5) is 24.8. The molecule has 0 aromatic carbocycles. The molecule has 1 spiro atoms. The van der Waals surface area contributed by atoms with Crippen LogP contribution in [-0.4, -0.2) is 56.1 Å². The van der Waals surface area contributed by atoms with E-state index in [0.29, 0.717) is 25.9 Å². The fourth-order valence-corrected chi connectivity index (χ4v) is 4.52. The van der Waals surface area contributed by atoms with Gasteiger partial charge in [0, 0.05) is 39.0 Å². The molecule has 4 rings (SSSR count). The number of hydrogen-bond donors (Lipinski definition) is 0. The van der Waals surface area contributed by atoms with Crippen molar-refractivity contribution in [2.45, 2.75) is 38.7 Å².